The van der Waals surface area contributed by atoms with Crippen molar-refractivity contribution >= 4 is 28.8 Å². The summed E-state index contributed by atoms with van der Waals surface area (Å²) < 4.78 is 3.50. The number of rotatable bonds is 3. The number of hydrogen-bond acceptors (Lipinski definition) is 6. The number of nitrogens with two attached hydrogens (primary N) is 1. The van der Waals surface area contributed by atoms with Crippen LogP contribution in [-0.2, 0) is 11.3 Å². The summed E-state index contributed by atoms with van der Waals surface area (Å²) in [6.07, 6.45) is 3.46. The van der Waals surface area contributed by atoms with Gasteiger partial charge in [0.05, 0.1) is 0 Å². The molecule has 3 aromatic heterocycles. The molecule has 0 aliphatic rings. The molecule has 0 bridgehead atoms. The van der Waals surface area contributed by atoms with Crippen molar-refractivity contribution < 1.29 is 4.79 Å². The fourth-order valence-corrected chi connectivity index (χ4v) is 2.24. The topological polar surface area (TPSA) is 117 Å². The lowest BCUT2D eigenvalue weighted by Gasteiger charge is -2.17. The van der Waals surface area contributed by atoms with Crippen molar-refractivity contribution in [3.8, 4) is 5.95 Å². The molecule has 3 rings (SSSR count). The molecule has 0 fully saturated rings. The van der Waals surface area contributed by atoms with Crippen LogP contribution in [0, 0.1) is 5.41 Å². The second-order valence-electron chi connectivity index (χ2n) is 6.41. The van der Waals surface area contributed by atoms with Crippen LogP contribution in [0.4, 0.5) is 11.8 Å². The number of amides is 1. The lowest BCUT2D eigenvalue weighted by Crippen LogP contribution is -2.28. The summed E-state index contributed by atoms with van der Waals surface area (Å²) in [6, 6.07) is 1.81. The second-order valence-corrected chi connectivity index (χ2v) is 6.41. The summed E-state index contributed by atoms with van der Waals surface area (Å²) in [4.78, 5) is 25.3. The van der Waals surface area contributed by atoms with Gasteiger partial charge in [-0.1, -0.05) is 20.8 Å². The van der Waals surface area contributed by atoms with Crippen LogP contribution in [0.2, 0.25) is 0 Å². The summed E-state index contributed by atoms with van der Waals surface area (Å²) >= 11 is 0. The Morgan fingerprint density at radius 2 is 2.04 bits per heavy atom. The molecule has 0 aromatic carbocycles. The Morgan fingerprint density at radius 3 is 2.62 bits per heavy atom. The maximum Gasteiger partial charge on any atom is 0.233 e. The van der Waals surface area contributed by atoms with Crippen LogP contribution in [-0.4, -0.2) is 35.2 Å². The van der Waals surface area contributed by atoms with Crippen LogP contribution < -0.4 is 11.1 Å². The maximum absolute atomic E-state index is 12.3. The first-order valence-electron chi connectivity index (χ1n) is 7.66. The van der Waals surface area contributed by atoms with Gasteiger partial charge >= 0.3 is 0 Å². The van der Waals surface area contributed by atoms with Crippen LogP contribution in [0.15, 0.2) is 18.5 Å². The highest BCUT2D eigenvalue weighted by Crippen LogP contribution is 2.25. The van der Waals surface area contributed by atoms with Crippen LogP contribution in [0.25, 0.3) is 17.1 Å². The summed E-state index contributed by atoms with van der Waals surface area (Å²) in [7, 11) is 0. The van der Waals surface area contributed by atoms with Crippen molar-refractivity contribution in [1.29, 1.82) is 0 Å². The molecule has 3 heterocycles. The number of anilines is 2. The molecule has 0 unspecified atom stereocenters. The summed E-state index contributed by atoms with van der Waals surface area (Å²) in [5, 5.41) is 7.01. The Kier molecular flexibility index (Phi) is 3.70. The number of nitrogens with zero attached hydrogens (tertiary/aromatic N) is 6. The predicted molar refractivity (Wildman–Crippen MR) is 90.6 cm³/mol. The van der Waals surface area contributed by atoms with Gasteiger partial charge in [0.15, 0.2) is 17.0 Å². The highest BCUT2D eigenvalue weighted by molar-refractivity contribution is 6.00. The number of carbonyl (C=O) groups is 1. The molecule has 9 heteroatoms. The van der Waals surface area contributed by atoms with E-state index in [4.69, 9.17) is 5.73 Å². The van der Waals surface area contributed by atoms with Gasteiger partial charge in [-0.2, -0.15) is 15.1 Å². The Hall–Kier alpha value is -2.97. The molecule has 126 valence electrons. The van der Waals surface area contributed by atoms with Gasteiger partial charge in [0, 0.05) is 24.4 Å². The molecule has 0 atom stereocenters. The molecule has 0 saturated carbocycles. The van der Waals surface area contributed by atoms with E-state index in [1.165, 1.54) is 0 Å². The van der Waals surface area contributed by atoms with E-state index in [2.05, 4.69) is 25.4 Å². The molecule has 24 heavy (non-hydrogen) atoms. The first-order valence-corrected chi connectivity index (χ1v) is 7.66. The van der Waals surface area contributed by atoms with Gasteiger partial charge in [0.25, 0.3) is 0 Å². The first-order chi connectivity index (χ1) is 11.3. The summed E-state index contributed by atoms with van der Waals surface area (Å²) in [5.74, 6) is 0.795. The van der Waals surface area contributed by atoms with E-state index in [0.717, 1.165) is 0 Å². The minimum atomic E-state index is -0.565. The van der Waals surface area contributed by atoms with Crippen molar-refractivity contribution in [3.63, 3.8) is 0 Å². The predicted octanol–water partition coefficient (Wildman–Crippen LogP) is 1.60. The monoisotopic (exact) mass is 328 g/mol. The average Bonchev–Trinajstić information content (AvgIpc) is 3.12. The average molecular weight is 328 g/mol. The number of imidazole rings is 1. The van der Waals surface area contributed by atoms with Gasteiger partial charge in [0.2, 0.25) is 17.8 Å². The number of nitrogens with one attached hydrogen (secondary N) is 1. The molecule has 0 spiro atoms. The van der Waals surface area contributed by atoms with E-state index in [0.29, 0.717) is 29.5 Å². The fraction of sp³-hybridized carbons (Fsp3) is 0.400. The summed E-state index contributed by atoms with van der Waals surface area (Å²) in [6.45, 7) is 8.06. The Morgan fingerprint density at radius 1 is 1.29 bits per heavy atom. The van der Waals surface area contributed by atoms with E-state index in [9.17, 15) is 4.79 Å². The highest BCUT2D eigenvalue weighted by atomic mass is 16.2. The molecule has 0 aliphatic heterocycles. The van der Waals surface area contributed by atoms with Crippen LogP contribution in [0.3, 0.4) is 0 Å². The molecule has 0 saturated heterocycles. The van der Waals surface area contributed by atoms with Gasteiger partial charge in [-0.3, -0.25) is 9.36 Å². The number of nitrogen functional groups attached to an aromatic ring is 1. The zero-order valence-electron chi connectivity index (χ0n) is 14.1. The number of hydrogen-bond donors (Lipinski definition) is 2. The van der Waals surface area contributed by atoms with Crippen molar-refractivity contribution in [2.24, 2.45) is 5.41 Å². The minimum Gasteiger partial charge on any atom is -0.368 e. The van der Waals surface area contributed by atoms with E-state index < -0.39 is 5.41 Å². The van der Waals surface area contributed by atoms with Gasteiger partial charge < -0.3 is 11.1 Å². The smallest absolute Gasteiger partial charge is 0.233 e. The highest BCUT2D eigenvalue weighted by Gasteiger charge is 2.25. The Bertz CT molecular complexity index is 888. The van der Waals surface area contributed by atoms with E-state index in [-0.39, 0.29) is 11.9 Å². The first kappa shape index (κ1) is 15.9. The van der Waals surface area contributed by atoms with Gasteiger partial charge in [-0.15, -0.1) is 0 Å². The van der Waals surface area contributed by atoms with E-state index in [1.807, 2.05) is 38.3 Å². The number of carbonyl (C=O) groups excluding carboxylic acids is 1. The van der Waals surface area contributed by atoms with Crippen molar-refractivity contribution in [1.82, 2.24) is 29.3 Å². The number of aryl methyl sites for hydroxylation is 1. The van der Waals surface area contributed by atoms with E-state index >= 15 is 0 Å². The fourth-order valence-electron chi connectivity index (χ4n) is 2.24. The van der Waals surface area contributed by atoms with Gasteiger partial charge in [0.1, 0.15) is 0 Å². The maximum atomic E-state index is 12.3. The molecular weight excluding hydrogens is 308 g/mol. The summed E-state index contributed by atoms with van der Waals surface area (Å²) in [5.41, 5.74) is 6.29. The molecular formula is C15H20N8O. The Labute approximate surface area is 138 Å². The lowest BCUT2D eigenvalue weighted by molar-refractivity contribution is -0.123. The SMILES string of the molecule is CCn1c(-n2cccn2)nc2c(NC(=O)C(C)(C)C)nc(N)nc21. The van der Waals surface area contributed by atoms with Crippen LogP contribution in [0.5, 0.6) is 0 Å². The lowest BCUT2D eigenvalue weighted by atomic mass is 9.96. The third-order valence-electron chi connectivity index (χ3n) is 3.53. The van der Waals surface area contributed by atoms with Gasteiger partial charge in [-0.05, 0) is 13.0 Å². The largest absolute Gasteiger partial charge is 0.368 e. The quantitative estimate of drug-likeness (QED) is 0.754. The molecule has 3 aromatic rings. The normalized spacial score (nSPS) is 11.8. The van der Waals surface area contributed by atoms with Crippen molar-refractivity contribution in [2.75, 3.05) is 11.1 Å². The molecule has 0 aliphatic carbocycles. The second kappa shape index (κ2) is 5.59. The zero-order chi connectivity index (χ0) is 17.5. The molecule has 1 amide bonds. The van der Waals surface area contributed by atoms with Gasteiger partial charge in [-0.25, -0.2) is 9.67 Å². The molecule has 3 N–H and O–H groups in total. The van der Waals surface area contributed by atoms with Crippen molar-refractivity contribution in [3.05, 3.63) is 18.5 Å². The third-order valence-corrected chi connectivity index (χ3v) is 3.53. The molecule has 9 nitrogen and oxygen atoms in total. The standard InChI is InChI=1S/C15H20N8O/c1-5-22-11-9(18-14(22)23-8-6-7-17-23)10(20-13(16)21-11)19-12(24)15(2,3)4/h6-8H,5H2,1-4H3,(H3,16,19,20,21,24). The zero-order valence-corrected chi connectivity index (χ0v) is 14.1. The van der Waals surface area contributed by atoms with Crippen LogP contribution >= 0.6 is 0 Å². The molecule has 0 radical (unpaired) electrons. The van der Waals surface area contributed by atoms with E-state index in [1.54, 1.807) is 17.1 Å². The van der Waals surface area contributed by atoms with Crippen LogP contribution in [0.1, 0.15) is 27.7 Å². The number of aromatic nitrogens is 6. The third kappa shape index (κ3) is 2.68. The minimum absolute atomic E-state index is 0.0772. The van der Waals surface area contributed by atoms with Crippen molar-refractivity contribution in [2.45, 2.75) is 34.2 Å². The number of fused-ring (bicyclic) bond motifs is 1. The Balaban J connectivity index is 2.19.